The predicted molar refractivity (Wildman–Crippen MR) is 186 cm³/mol. The van der Waals surface area contributed by atoms with Crippen molar-refractivity contribution >= 4 is 23.6 Å². The Labute approximate surface area is 285 Å². The molecule has 2 atom stereocenters. The number of ether oxygens (including phenoxy) is 6. The maximum Gasteiger partial charge on any atom is 0.335 e. The third-order valence-electron chi connectivity index (χ3n) is 7.42. The fourth-order valence-corrected chi connectivity index (χ4v) is 4.83. The van der Waals surface area contributed by atoms with Crippen LogP contribution in [0, 0.1) is 0 Å². The average Bonchev–Trinajstić information content (AvgIpc) is 3.09. The van der Waals surface area contributed by atoms with E-state index in [-0.39, 0.29) is 11.9 Å². The van der Waals surface area contributed by atoms with Crippen LogP contribution in [0.5, 0.6) is 11.5 Å². The summed E-state index contributed by atoms with van der Waals surface area (Å²) in [7, 11) is 3.97. The highest BCUT2D eigenvalue weighted by atomic mass is 16.6. The number of hydrogen-bond acceptors (Lipinski definition) is 11. The smallest absolute Gasteiger partial charge is 0.335 e. The highest BCUT2D eigenvalue weighted by molar-refractivity contribution is 5.75. The second-order valence-electron chi connectivity index (χ2n) is 11.0. The van der Waals surface area contributed by atoms with E-state index >= 15 is 0 Å². The Morgan fingerprint density at radius 3 is 1.35 bits per heavy atom. The fourth-order valence-electron chi connectivity index (χ4n) is 4.83. The molecule has 0 N–H and O–H groups in total. The Bertz CT molecular complexity index is 1270. The Hall–Kier alpha value is -4.35. The highest BCUT2D eigenvalue weighted by Gasteiger charge is 2.21. The van der Waals surface area contributed by atoms with Gasteiger partial charge in [-0.3, -0.25) is 0 Å². The van der Waals surface area contributed by atoms with E-state index in [0.29, 0.717) is 65.6 Å². The molecule has 0 bridgehead atoms. The Morgan fingerprint density at radius 2 is 1.00 bits per heavy atom. The quantitative estimate of drug-likeness (QED) is 0.133. The van der Waals surface area contributed by atoms with Crippen LogP contribution in [-0.2, 0) is 41.4 Å². The van der Waals surface area contributed by atoms with Crippen molar-refractivity contribution in [2.24, 2.45) is 0 Å². The molecule has 3 aromatic rings. The van der Waals surface area contributed by atoms with Crippen LogP contribution in [0.3, 0.4) is 0 Å². The zero-order valence-corrected chi connectivity index (χ0v) is 29.2. The average molecular weight is 666 g/mol. The minimum absolute atomic E-state index is 0.324. The molecule has 0 radical (unpaired) electrons. The van der Waals surface area contributed by atoms with E-state index in [1.165, 1.54) is 0 Å². The molecule has 3 rings (SSSR count). The van der Waals surface area contributed by atoms with Crippen molar-refractivity contribution in [3.8, 4) is 11.5 Å². The Morgan fingerprint density at radius 1 is 0.604 bits per heavy atom. The lowest BCUT2D eigenvalue weighted by Gasteiger charge is -2.22. The minimum atomic E-state index is -0.617. The summed E-state index contributed by atoms with van der Waals surface area (Å²) in [5.74, 6) is 2.48. The summed E-state index contributed by atoms with van der Waals surface area (Å²) in [6.45, 7) is 11.1. The lowest BCUT2D eigenvalue weighted by atomic mass is 10.1. The van der Waals surface area contributed by atoms with Crippen LogP contribution in [0.4, 0.5) is 11.6 Å². The van der Waals surface area contributed by atoms with Gasteiger partial charge in [0, 0.05) is 40.2 Å². The number of aromatic nitrogens is 1. The van der Waals surface area contributed by atoms with Gasteiger partial charge in [0.2, 0.25) is 0 Å². The monoisotopic (exact) mass is 665 g/mol. The molecule has 0 saturated carbocycles. The SMILES string of the molecule is CCOC(=O)[C@H](Cc1ccc(OCCN(C)c2cccc(N(C)CCOc3ccc(C[C@H](OCC)C(=O)OCC)cc3)n2)cc1)OCC. The molecule has 0 spiro atoms. The zero-order chi connectivity index (χ0) is 34.7. The van der Waals surface area contributed by atoms with Crippen LogP contribution in [0.1, 0.15) is 38.8 Å². The molecule has 11 heteroatoms. The molecule has 0 unspecified atom stereocenters. The summed E-state index contributed by atoms with van der Waals surface area (Å²) < 4.78 is 33.4. The number of likely N-dealkylation sites (N-methyl/N-ethyl adjacent to an activating group) is 2. The number of pyridine rings is 1. The summed E-state index contributed by atoms with van der Waals surface area (Å²) in [4.78, 5) is 33.2. The molecule has 0 saturated heterocycles. The molecular formula is C37H51N3O8. The first-order valence-electron chi connectivity index (χ1n) is 16.7. The largest absolute Gasteiger partial charge is 0.492 e. The number of benzene rings is 2. The first-order valence-corrected chi connectivity index (χ1v) is 16.7. The van der Waals surface area contributed by atoms with E-state index < -0.39 is 12.2 Å². The highest BCUT2D eigenvalue weighted by Crippen LogP contribution is 2.19. The summed E-state index contributed by atoms with van der Waals surface area (Å²) >= 11 is 0. The zero-order valence-electron chi connectivity index (χ0n) is 29.2. The Balaban J connectivity index is 1.43. The number of hydrogen-bond donors (Lipinski definition) is 0. The summed E-state index contributed by atoms with van der Waals surface area (Å²) in [5, 5.41) is 0. The van der Waals surface area contributed by atoms with Gasteiger partial charge in [-0.25, -0.2) is 14.6 Å². The summed E-state index contributed by atoms with van der Waals surface area (Å²) in [5.41, 5.74) is 1.94. The Kier molecular flexibility index (Phi) is 16.5. The van der Waals surface area contributed by atoms with Crippen LogP contribution < -0.4 is 19.3 Å². The molecule has 1 heterocycles. The van der Waals surface area contributed by atoms with Gasteiger partial charge in [0.15, 0.2) is 12.2 Å². The van der Waals surface area contributed by atoms with Gasteiger partial charge >= 0.3 is 11.9 Å². The summed E-state index contributed by atoms with van der Waals surface area (Å²) in [6, 6.07) is 21.3. The van der Waals surface area contributed by atoms with Crippen LogP contribution in [-0.4, -0.2) is 96.0 Å². The van der Waals surface area contributed by atoms with E-state index in [1.807, 2.05) is 104 Å². The first-order chi connectivity index (χ1) is 23.3. The molecule has 0 aliphatic carbocycles. The minimum Gasteiger partial charge on any atom is -0.492 e. The van der Waals surface area contributed by atoms with Crippen molar-refractivity contribution in [2.45, 2.75) is 52.7 Å². The lowest BCUT2D eigenvalue weighted by molar-refractivity contribution is -0.157. The van der Waals surface area contributed by atoms with Crippen LogP contribution in [0.15, 0.2) is 66.7 Å². The first kappa shape index (κ1) is 38.1. The van der Waals surface area contributed by atoms with Gasteiger partial charge in [0.05, 0.1) is 26.3 Å². The van der Waals surface area contributed by atoms with Gasteiger partial charge in [-0.1, -0.05) is 30.3 Å². The van der Waals surface area contributed by atoms with Gasteiger partial charge < -0.3 is 38.2 Å². The topological polar surface area (TPSA) is 109 Å². The molecule has 48 heavy (non-hydrogen) atoms. The molecule has 0 aliphatic rings. The van der Waals surface area contributed by atoms with Gasteiger partial charge in [-0.2, -0.15) is 0 Å². The fraction of sp³-hybridized carbons (Fsp3) is 0.486. The second-order valence-corrected chi connectivity index (χ2v) is 11.0. The van der Waals surface area contributed by atoms with E-state index in [2.05, 4.69) is 0 Å². The number of carbonyl (C=O) groups is 2. The maximum absolute atomic E-state index is 12.2. The molecule has 262 valence electrons. The second kappa shape index (κ2) is 20.8. The van der Waals surface area contributed by atoms with Crippen molar-refractivity contribution in [3.63, 3.8) is 0 Å². The number of esters is 2. The van der Waals surface area contributed by atoms with Crippen molar-refractivity contribution < 1.29 is 38.0 Å². The third kappa shape index (κ3) is 12.7. The lowest BCUT2D eigenvalue weighted by Crippen LogP contribution is -2.29. The van der Waals surface area contributed by atoms with Crippen molar-refractivity contribution in [1.29, 1.82) is 0 Å². The molecule has 0 amide bonds. The van der Waals surface area contributed by atoms with E-state index in [4.69, 9.17) is 33.4 Å². The van der Waals surface area contributed by atoms with Crippen LogP contribution >= 0.6 is 0 Å². The van der Waals surface area contributed by atoms with Gasteiger partial charge in [-0.05, 0) is 75.2 Å². The van der Waals surface area contributed by atoms with Crippen molar-refractivity contribution in [2.75, 3.05) is 76.6 Å². The number of nitrogens with zero attached hydrogens (tertiary/aromatic N) is 3. The van der Waals surface area contributed by atoms with Crippen molar-refractivity contribution in [3.05, 3.63) is 77.9 Å². The van der Waals surface area contributed by atoms with Gasteiger partial charge in [0.1, 0.15) is 36.3 Å². The molecule has 0 aliphatic heterocycles. The standard InChI is InChI=1S/C37H51N3O8/c1-7-43-32(36(41)45-9-3)26-28-14-18-30(19-15-28)47-24-22-39(5)34-12-11-13-35(38-34)40(6)23-25-48-31-20-16-29(17-21-31)27-33(44-8-2)37(42)46-10-4/h11-21,32-33H,7-10,22-27H2,1-6H3/t32-,33-/m0/s1. The normalized spacial score (nSPS) is 12.1. The van der Waals surface area contributed by atoms with E-state index in [1.54, 1.807) is 13.8 Å². The third-order valence-corrected chi connectivity index (χ3v) is 7.42. The summed E-state index contributed by atoms with van der Waals surface area (Å²) in [6.07, 6.45) is -0.343. The predicted octanol–water partition coefficient (Wildman–Crippen LogP) is 5.13. The van der Waals surface area contributed by atoms with Crippen molar-refractivity contribution in [1.82, 2.24) is 4.98 Å². The molecule has 11 nitrogen and oxygen atoms in total. The number of rotatable bonds is 22. The van der Waals surface area contributed by atoms with Gasteiger partial charge in [-0.15, -0.1) is 0 Å². The number of carbonyl (C=O) groups excluding carboxylic acids is 2. The van der Waals surface area contributed by atoms with Crippen LogP contribution in [0.25, 0.3) is 0 Å². The van der Waals surface area contributed by atoms with Crippen LogP contribution in [0.2, 0.25) is 0 Å². The number of anilines is 2. The molecule has 2 aromatic carbocycles. The van der Waals surface area contributed by atoms with E-state index in [0.717, 1.165) is 34.3 Å². The molecule has 0 fully saturated rings. The molecule has 1 aromatic heterocycles. The van der Waals surface area contributed by atoms with Gasteiger partial charge in [0.25, 0.3) is 0 Å². The van der Waals surface area contributed by atoms with E-state index in [9.17, 15) is 9.59 Å². The maximum atomic E-state index is 12.2. The molecular weight excluding hydrogens is 614 g/mol.